The Bertz CT molecular complexity index is 377. The summed E-state index contributed by atoms with van der Waals surface area (Å²) in [6.45, 7) is 4.70. The molecule has 0 bridgehead atoms. The summed E-state index contributed by atoms with van der Waals surface area (Å²) in [5.74, 6) is 0.379. The summed E-state index contributed by atoms with van der Waals surface area (Å²) < 4.78 is 2.09. The van der Waals surface area contributed by atoms with Gasteiger partial charge in [-0.2, -0.15) is 0 Å². The molecule has 0 aliphatic heterocycles. The number of nitrogens with zero attached hydrogens (tertiary/aromatic N) is 2. The quantitative estimate of drug-likeness (QED) is 0.763. The van der Waals surface area contributed by atoms with Crippen LogP contribution < -0.4 is 0 Å². The number of aromatic nitrogens is 1. The summed E-state index contributed by atoms with van der Waals surface area (Å²) >= 11 is 0. The van der Waals surface area contributed by atoms with Crippen LogP contribution in [0.1, 0.15) is 32.4 Å². The van der Waals surface area contributed by atoms with Gasteiger partial charge in [0.15, 0.2) is 0 Å². The minimum absolute atomic E-state index is 0.0980. The highest BCUT2D eigenvalue weighted by molar-refractivity contribution is 5.78. The van der Waals surface area contributed by atoms with Crippen LogP contribution in [0.25, 0.3) is 0 Å². The lowest BCUT2D eigenvalue weighted by Crippen LogP contribution is -2.36. The monoisotopic (exact) mass is 220 g/mol. The SMILES string of the molecule is CC(C)C(=O)N(Cc1cccn1C)C1CC1. The molecule has 0 aromatic carbocycles. The van der Waals surface area contributed by atoms with E-state index in [1.54, 1.807) is 0 Å². The fraction of sp³-hybridized carbons (Fsp3) is 0.615. The van der Waals surface area contributed by atoms with Gasteiger partial charge in [0, 0.05) is 30.9 Å². The summed E-state index contributed by atoms with van der Waals surface area (Å²) in [7, 11) is 2.03. The standard InChI is InChI=1S/C13H20N2O/c1-10(2)13(16)15(11-6-7-11)9-12-5-4-8-14(12)3/h4-5,8,10-11H,6-7,9H2,1-3H3. The highest BCUT2D eigenvalue weighted by atomic mass is 16.2. The Morgan fingerprint density at radius 2 is 2.25 bits per heavy atom. The molecule has 1 fully saturated rings. The summed E-state index contributed by atoms with van der Waals surface area (Å²) in [6.07, 6.45) is 4.37. The van der Waals surface area contributed by atoms with Crippen LogP contribution in [0.4, 0.5) is 0 Å². The Morgan fingerprint density at radius 3 is 2.69 bits per heavy atom. The van der Waals surface area contributed by atoms with Crippen LogP contribution in [0, 0.1) is 5.92 Å². The molecule has 88 valence electrons. The second kappa shape index (κ2) is 4.32. The van der Waals surface area contributed by atoms with E-state index in [9.17, 15) is 4.79 Å². The number of rotatable bonds is 4. The number of carbonyl (C=O) groups excluding carboxylic acids is 1. The van der Waals surface area contributed by atoms with Crippen LogP contribution in [0.2, 0.25) is 0 Å². The van der Waals surface area contributed by atoms with Gasteiger partial charge in [0.2, 0.25) is 5.91 Å². The van der Waals surface area contributed by atoms with Crippen LogP contribution in [-0.4, -0.2) is 21.4 Å². The molecule has 16 heavy (non-hydrogen) atoms. The van der Waals surface area contributed by atoms with E-state index in [1.165, 1.54) is 18.5 Å². The van der Waals surface area contributed by atoms with E-state index in [4.69, 9.17) is 0 Å². The Balaban J connectivity index is 2.09. The Labute approximate surface area is 97.1 Å². The molecule has 1 heterocycles. The smallest absolute Gasteiger partial charge is 0.225 e. The van der Waals surface area contributed by atoms with Gasteiger partial charge in [-0.1, -0.05) is 13.8 Å². The van der Waals surface area contributed by atoms with Gasteiger partial charge in [-0.25, -0.2) is 0 Å². The van der Waals surface area contributed by atoms with Crippen LogP contribution in [0.15, 0.2) is 18.3 Å². The molecule has 2 rings (SSSR count). The van der Waals surface area contributed by atoms with E-state index in [-0.39, 0.29) is 11.8 Å². The zero-order valence-electron chi connectivity index (χ0n) is 10.3. The number of hydrogen-bond acceptors (Lipinski definition) is 1. The van der Waals surface area contributed by atoms with Gasteiger partial charge in [-0.3, -0.25) is 4.79 Å². The molecule has 0 unspecified atom stereocenters. The maximum Gasteiger partial charge on any atom is 0.225 e. The van der Waals surface area contributed by atoms with Crippen molar-refractivity contribution in [3.05, 3.63) is 24.0 Å². The first-order valence-corrected chi connectivity index (χ1v) is 6.00. The van der Waals surface area contributed by atoms with Crippen molar-refractivity contribution in [2.24, 2.45) is 13.0 Å². The van der Waals surface area contributed by atoms with Crippen molar-refractivity contribution in [2.75, 3.05) is 0 Å². The highest BCUT2D eigenvalue weighted by Gasteiger charge is 2.33. The van der Waals surface area contributed by atoms with Gasteiger partial charge < -0.3 is 9.47 Å². The predicted octanol–water partition coefficient (Wildman–Crippen LogP) is 2.17. The Kier molecular flexibility index (Phi) is 3.03. The van der Waals surface area contributed by atoms with Crippen LogP contribution >= 0.6 is 0 Å². The average Bonchev–Trinajstić information content (AvgIpc) is 2.99. The molecule has 0 spiro atoms. The largest absolute Gasteiger partial charge is 0.353 e. The van der Waals surface area contributed by atoms with Crippen LogP contribution in [-0.2, 0) is 18.4 Å². The highest BCUT2D eigenvalue weighted by Crippen LogP contribution is 2.29. The molecule has 3 nitrogen and oxygen atoms in total. The maximum absolute atomic E-state index is 12.1. The molecular formula is C13H20N2O. The average molecular weight is 220 g/mol. The Hall–Kier alpha value is -1.25. The van der Waals surface area contributed by atoms with Crippen molar-refractivity contribution in [2.45, 2.75) is 39.3 Å². The molecular weight excluding hydrogens is 200 g/mol. The maximum atomic E-state index is 12.1. The number of carbonyl (C=O) groups is 1. The minimum Gasteiger partial charge on any atom is -0.353 e. The minimum atomic E-state index is 0.0980. The van der Waals surface area contributed by atoms with Crippen LogP contribution in [0.3, 0.4) is 0 Å². The lowest BCUT2D eigenvalue weighted by molar-refractivity contribution is -0.135. The lowest BCUT2D eigenvalue weighted by atomic mass is 10.2. The number of amides is 1. The first kappa shape index (κ1) is 11.2. The Morgan fingerprint density at radius 1 is 1.56 bits per heavy atom. The molecule has 3 heteroatoms. The van der Waals surface area contributed by atoms with Gasteiger partial charge in [-0.05, 0) is 25.0 Å². The third-order valence-electron chi connectivity index (χ3n) is 3.15. The van der Waals surface area contributed by atoms with Gasteiger partial charge >= 0.3 is 0 Å². The van der Waals surface area contributed by atoms with E-state index in [1.807, 2.05) is 38.1 Å². The van der Waals surface area contributed by atoms with E-state index in [0.717, 1.165) is 6.54 Å². The summed E-state index contributed by atoms with van der Waals surface area (Å²) in [6, 6.07) is 4.60. The summed E-state index contributed by atoms with van der Waals surface area (Å²) in [5.41, 5.74) is 1.21. The summed E-state index contributed by atoms with van der Waals surface area (Å²) in [5, 5.41) is 0. The first-order valence-electron chi connectivity index (χ1n) is 6.00. The molecule has 1 aliphatic rings. The molecule has 0 N–H and O–H groups in total. The summed E-state index contributed by atoms with van der Waals surface area (Å²) in [4.78, 5) is 14.1. The molecule has 0 atom stereocenters. The van der Waals surface area contributed by atoms with E-state index >= 15 is 0 Å². The number of aryl methyl sites for hydroxylation is 1. The van der Waals surface area contributed by atoms with Crippen molar-refractivity contribution < 1.29 is 4.79 Å². The van der Waals surface area contributed by atoms with Crippen LogP contribution in [0.5, 0.6) is 0 Å². The zero-order chi connectivity index (χ0) is 11.7. The van der Waals surface area contributed by atoms with E-state index in [2.05, 4.69) is 10.6 Å². The van der Waals surface area contributed by atoms with Gasteiger partial charge in [0.25, 0.3) is 0 Å². The van der Waals surface area contributed by atoms with Gasteiger partial charge in [-0.15, -0.1) is 0 Å². The van der Waals surface area contributed by atoms with Crippen molar-refractivity contribution in [1.29, 1.82) is 0 Å². The fourth-order valence-electron chi connectivity index (χ4n) is 1.94. The van der Waals surface area contributed by atoms with Gasteiger partial charge in [0.05, 0.1) is 6.54 Å². The van der Waals surface area contributed by atoms with Crippen molar-refractivity contribution in [1.82, 2.24) is 9.47 Å². The van der Waals surface area contributed by atoms with Crippen molar-refractivity contribution in [3.8, 4) is 0 Å². The van der Waals surface area contributed by atoms with Gasteiger partial charge in [0.1, 0.15) is 0 Å². The fourth-order valence-corrected chi connectivity index (χ4v) is 1.94. The third-order valence-corrected chi connectivity index (χ3v) is 3.15. The normalized spacial score (nSPS) is 15.5. The second-order valence-corrected chi connectivity index (χ2v) is 4.96. The topological polar surface area (TPSA) is 25.2 Å². The predicted molar refractivity (Wildman–Crippen MR) is 63.8 cm³/mol. The molecule has 1 aliphatic carbocycles. The molecule has 1 amide bonds. The molecule has 0 radical (unpaired) electrons. The molecule has 1 saturated carbocycles. The third kappa shape index (κ3) is 2.29. The lowest BCUT2D eigenvalue weighted by Gasteiger charge is -2.24. The first-order chi connectivity index (χ1) is 7.59. The zero-order valence-corrected chi connectivity index (χ0v) is 10.3. The second-order valence-electron chi connectivity index (χ2n) is 4.96. The van der Waals surface area contributed by atoms with E-state index < -0.39 is 0 Å². The van der Waals surface area contributed by atoms with E-state index in [0.29, 0.717) is 6.04 Å². The molecule has 0 saturated heterocycles. The molecule has 1 aromatic heterocycles. The molecule has 1 aromatic rings. The van der Waals surface area contributed by atoms with Crippen molar-refractivity contribution in [3.63, 3.8) is 0 Å². The number of hydrogen-bond donors (Lipinski definition) is 0. The van der Waals surface area contributed by atoms with Crippen molar-refractivity contribution >= 4 is 5.91 Å².